The maximum absolute atomic E-state index is 5.75. The van der Waals surface area contributed by atoms with Gasteiger partial charge in [-0.1, -0.05) is 13.3 Å². The number of hydrogen-bond acceptors (Lipinski definition) is 4. The van der Waals surface area contributed by atoms with Gasteiger partial charge >= 0.3 is 0 Å². The highest BCUT2D eigenvalue weighted by Gasteiger charge is 2.01. The maximum Gasteiger partial charge on any atom is 0.215 e. The average Bonchev–Trinajstić information content (AvgIpc) is 2.21. The summed E-state index contributed by atoms with van der Waals surface area (Å²) in [6, 6.07) is 3.54. The fourth-order valence-electron chi connectivity index (χ4n) is 1.09. The average molecular weight is 195 g/mol. The van der Waals surface area contributed by atoms with Crippen molar-refractivity contribution < 1.29 is 4.74 Å². The monoisotopic (exact) mass is 195 g/mol. The second-order valence-corrected chi connectivity index (χ2v) is 3.07. The highest BCUT2D eigenvalue weighted by molar-refractivity contribution is 5.61. The van der Waals surface area contributed by atoms with Gasteiger partial charge in [-0.15, -0.1) is 0 Å². The van der Waals surface area contributed by atoms with Crippen LogP contribution in [0, 0.1) is 0 Å². The first-order valence-electron chi connectivity index (χ1n) is 4.82. The number of nitrogens with two attached hydrogens (primary N) is 1. The smallest absolute Gasteiger partial charge is 0.215 e. The molecule has 0 aliphatic heterocycles. The SMILES string of the molecule is CCCCNc1nc(OC)ccc1N. The molecule has 0 aliphatic rings. The van der Waals surface area contributed by atoms with Crippen LogP contribution in [0.3, 0.4) is 0 Å². The second-order valence-electron chi connectivity index (χ2n) is 3.07. The van der Waals surface area contributed by atoms with E-state index in [1.807, 2.05) is 0 Å². The quantitative estimate of drug-likeness (QED) is 0.704. The van der Waals surface area contributed by atoms with Crippen molar-refractivity contribution in [2.24, 2.45) is 0 Å². The molecule has 0 atom stereocenters. The number of hydrogen-bond donors (Lipinski definition) is 2. The lowest BCUT2D eigenvalue weighted by Crippen LogP contribution is -2.06. The number of ether oxygens (including phenoxy) is 1. The normalized spacial score (nSPS) is 9.86. The topological polar surface area (TPSA) is 60.2 Å². The van der Waals surface area contributed by atoms with E-state index < -0.39 is 0 Å². The van der Waals surface area contributed by atoms with Crippen LogP contribution in [0.25, 0.3) is 0 Å². The van der Waals surface area contributed by atoms with E-state index in [4.69, 9.17) is 10.5 Å². The predicted octanol–water partition coefficient (Wildman–Crippen LogP) is 1.88. The summed E-state index contributed by atoms with van der Waals surface area (Å²) in [4.78, 5) is 4.20. The molecule has 0 aromatic carbocycles. The van der Waals surface area contributed by atoms with Crippen LogP contribution < -0.4 is 15.8 Å². The van der Waals surface area contributed by atoms with Crippen molar-refractivity contribution in [2.45, 2.75) is 19.8 Å². The van der Waals surface area contributed by atoms with Gasteiger partial charge in [0.1, 0.15) is 0 Å². The first kappa shape index (κ1) is 10.6. The molecule has 0 amide bonds. The molecule has 1 aromatic heterocycles. The lowest BCUT2D eigenvalue weighted by molar-refractivity contribution is 0.398. The minimum absolute atomic E-state index is 0.582. The van der Waals surface area contributed by atoms with Gasteiger partial charge in [0.2, 0.25) is 5.88 Å². The maximum atomic E-state index is 5.75. The van der Waals surface area contributed by atoms with Crippen molar-refractivity contribution in [2.75, 3.05) is 24.7 Å². The minimum Gasteiger partial charge on any atom is -0.481 e. The van der Waals surface area contributed by atoms with Crippen LogP contribution in [-0.2, 0) is 0 Å². The summed E-state index contributed by atoms with van der Waals surface area (Å²) in [5.41, 5.74) is 6.40. The van der Waals surface area contributed by atoms with Crippen molar-refractivity contribution in [3.8, 4) is 5.88 Å². The third-order valence-corrected chi connectivity index (χ3v) is 1.93. The molecule has 1 rings (SSSR count). The summed E-state index contributed by atoms with van der Waals surface area (Å²) in [5.74, 6) is 1.29. The van der Waals surface area contributed by atoms with Crippen LogP contribution >= 0.6 is 0 Å². The highest BCUT2D eigenvalue weighted by atomic mass is 16.5. The Labute approximate surface area is 84.5 Å². The van der Waals surface area contributed by atoms with Crippen LogP contribution in [0.5, 0.6) is 5.88 Å². The molecule has 4 heteroatoms. The van der Waals surface area contributed by atoms with E-state index in [2.05, 4.69) is 17.2 Å². The van der Waals surface area contributed by atoms with Crippen LogP contribution in [0.1, 0.15) is 19.8 Å². The van der Waals surface area contributed by atoms with Crippen molar-refractivity contribution >= 4 is 11.5 Å². The Morgan fingerprint density at radius 3 is 2.93 bits per heavy atom. The number of nitrogen functional groups attached to an aromatic ring is 1. The molecule has 0 bridgehead atoms. The molecule has 0 aliphatic carbocycles. The number of anilines is 2. The van der Waals surface area contributed by atoms with Crippen LogP contribution in [-0.4, -0.2) is 18.6 Å². The Morgan fingerprint density at radius 1 is 1.50 bits per heavy atom. The Bertz CT molecular complexity index is 289. The molecular weight excluding hydrogens is 178 g/mol. The fourth-order valence-corrected chi connectivity index (χ4v) is 1.09. The molecule has 1 aromatic rings. The molecule has 0 radical (unpaired) electrons. The Morgan fingerprint density at radius 2 is 2.29 bits per heavy atom. The van der Waals surface area contributed by atoms with Crippen LogP contribution in [0.2, 0.25) is 0 Å². The molecule has 0 fully saturated rings. The highest BCUT2D eigenvalue weighted by Crippen LogP contribution is 2.19. The van der Waals surface area contributed by atoms with Gasteiger partial charge in [-0.2, -0.15) is 4.98 Å². The first-order chi connectivity index (χ1) is 6.77. The standard InChI is InChI=1S/C10H17N3O/c1-3-4-7-12-10-8(11)5-6-9(13-10)14-2/h5-6H,3-4,7,11H2,1-2H3,(H,12,13). The third kappa shape index (κ3) is 2.80. The summed E-state index contributed by atoms with van der Waals surface area (Å²) < 4.78 is 5.01. The van der Waals surface area contributed by atoms with Gasteiger partial charge in [0, 0.05) is 12.6 Å². The third-order valence-electron chi connectivity index (χ3n) is 1.93. The van der Waals surface area contributed by atoms with E-state index in [1.54, 1.807) is 19.2 Å². The number of aromatic nitrogens is 1. The largest absolute Gasteiger partial charge is 0.481 e. The summed E-state index contributed by atoms with van der Waals surface area (Å²) in [7, 11) is 1.59. The number of methoxy groups -OCH3 is 1. The zero-order valence-electron chi connectivity index (χ0n) is 8.71. The molecule has 1 heterocycles. The Hall–Kier alpha value is -1.45. The molecule has 0 spiro atoms. The van der Waals surface area contributed by atoms with E-state index >= 15 is 0 Å². The van der Waals surface area contributed by atoms with Gasteiger partial charge in [0.15, 0.2) is 5.82 Å². The lowest BCUT2D eigenvalue weighted by Gasteiger charge is -2.08. The van der Waals surface area contributed by atoms with E-state index in [1.165, 1.54) is 0 Å². The Balaban J connectivity index is 2.64. The Kier molecular flexibility index (Phi) is 4.04. The summed E-state index contributed by atoms with van der Waals surface area (Å²) in [6.45, 7) is 3.03. The first-order valence-corrected chi connectivity index (χ1v) is 4.82. The van der Waals surface area contributed by atoms with Gasteiger partial charge in [0.05, 0.1) is 12.8 Å². The molecule has 78 valence electrons. The number of pyridine rings is 1. The summed E-state index contributed by atoms with van der Waals surface area (Å²) in [5, 5.41) is 3.17. The minimum atomic E-state index is 0.582. The van der Waals surface area contributed by atoms with Crippen LogP contribution in [0.4, 0.5) is 11.5 Å². The predicted molar refractivity (Wildman–Crippen MR) is 58.6 cm³/mol. The molecule has 0 saturated heterocycles. The number of rotatable bonds is 5. The number of nitrogens with one attached hydrogen (secondary N) is 1. The van der Waals surface area contributed by atoms with Gasteiger partial charge in [-0.3, -0.25) is 0 Å². The fraction of sp³-hybridized carbons (Fsp3) is 0.500. The van der Waals surface area contributed by atoms with Crippen molar-refractivity contribution in [3.63, 3.8) is 0 Å². The van der Waals surface area contributed by atoms with Crippen molar-refractivity contribution in [3.05, 3.63) is 12.1 Å². The van der Waals surface area contributed by atoms with Gasteiger partial charge < -0.3 is 15.8 Å². The zero-order valence-corrected chi connectivity index (χ0v) is 8.71. The van der Waals surface area contributed by atoms with E-state index in [9.17, 15) is 0 Å². The van der Waals surface area contributed by atoms with Crippen LogP contribution in [0.15, 0.2) is 12.1 Å². The van der Waals surface area contributed by atoms with E-state index in [0.29, 0.717) is 17.4 Å². The van der Waals surface area contributed by atoms with E-state index in [0.717, 1.165) is 19.4 Å². The van der Waals surface area contributed by atoms with Gasteiger partial charge in [-0.05, 0) is 12.5 Å². The van der Waals surface area contributed by atoms with E-state index in [-0.39, 0.29) is 0 Å². The van der Waals surface area contributed by atoms with Crippen molar-refractivity contribution in [1.82, 2.24) is 4.98 Å². The number of nitrogens with zero attached hydrogens (tertiary/aromatic N) is 1. The lowest BCUT2D eigenvalue weighted by atomic mass is 10.3. The molecule has 14 heavy (non-hydrogen) atoms. The van der Waals surface area contributed by atoms with Gasteiger partial charge in [0.25, 0.3) is 0 Å². The van der Waals surface area contributed by atoms with Gasteiger partial charge in [-0.25, -0.2) is 0 Å². The number of unbranched alkanes of at least 4 members (excludes halogenated alkanes) is 1. The second kappa shape index (κ2) is 5.32. The van der Waals surface area contributed by atoms with Crippen molar-refractivity contribution in [1.29, 1.82) is 0 Å². The molecular formula is C10H17N3O. The summed E-state index contributed by atoms with van der Waals surface area (Å²) in [6.07, 6.45) is 2.26. The molecule has 3 N–H and O–H groups in total. The summed E-state index contributed by atoms with van der Waals surface area (Å²) >= 11 is 0. The molecule has 4 nitrogen and oxygen atoms in total. The zero-order chi connectivity index (χ0) is 10.4. The molecule has 0 saturated carbocycles. The molecule has 0 unspecified atom stereocenters.